The molecular formula is C24H39N3O4. The first-order valence-electron chi connectivity index (χ1n) is 11.7. The van der Waals surface area contributed by atoms with E-state index in [1.54, 1.807) is 0 Å². The molecule has 1 unspecified atom stereocenters. The lowest BCUT2D eigenvalue weighted by molar-refractivity contribution is 0.0258. The molecule has 0 amide bonds. The van der Waals surface area contributed by atoms with Crippen molar-refractivity contribution in [1.82, 2.24) is 10.6 Å². The van der Waals surface area contributed by atoms with E-state index in [1.165, 1.54) is 5.56 Å². The summed E-state index contributed by atoms with van der Waals surface area (Å²) in [6, 6.07) is 6.30. The second-order valence-corrected chi connectivity index (χ2v) is 8.61. The first-order chi connectivity index (χ1) is 15.1. The molecule has 31 heavy (non-hydrogen) atoms. The normalized spacial score (nSPS) is 18.8. The molecule has 0 aliphatic carbocycles. The number of benzene rings is 1. The first-order valence-corrected chi connectivity index (χ1v) is 11.7. The first kappa shape index (κ1) is 23.7. The zero-order valence-corrected chi connectivity index (χ0v) is 19.5. The average Bonchev–Trinajstić information content (AvgIpc) is 3.25. The molecule has 1 fully saturated rings. The molecule has 1 saturated heterocycles. The second-order valence-electron chi connectivity index (χ2n) is 8.61. The Hall–Kier alpha value is -1.99. The molecule has 0 bridgehead atoms. The molecule has 0 aromatic heterocycles. The number of ether oxygens (including phenoxy) is 4. The minimum atomic E-state index is -0.0621. The van der Waals surface area contributed by atoms with Gasteiger partial charge in [0, 0.05) is 38.3 Å². The molecule has 0 saturated carbocycles. The van der Waals surface area contributed by atoms with Gasteiger partial charge in [0.1, 0.15) is 0 Å². The smallest absolute Gasteiger partial charge is 0.231 e. The van der Waals surface area contributed by atoms with Crippen molar-refractivity contribution in [3.8, 4) is 11.5 Å². The summed E-state index contributed by atoms with van der Waals surface area (Å²) < 4.78 is 22.7. The Kier molecular flexibility index (Phi) is 8.84. The van der Waals surface area contributed by atoms with Crippen LogP contribution in [0.5, 0.6) is 11.5 Å². The molecule has 0 spiro atoms. The number of rotatable bonds is 10. The van der Waals surface area contributed by atoms with Crippen LogP contribution in [-0.2, 0) is 14.9 Å². The van der Waals surface area contributed by atoms with Crippen LogP contribution in [0.4, 0.5) is 0 Å². The van der Waals surface area contributed by atoms with Crippen molar-refractivity contribution >= 4 is 5.96 Å². The van der Waals surface area contributed by atoms with E-state index in [9.17, 15) is 0 Å². The summed E-state index contributed by atoms with van der Waals surface area (Å²) in [7, 11) is 0. The standard InChI is InChI=1S/C24H39N3O4/c1-5-25-23(26-12-9-20(18(3)4)29-6-2)27-16-24(10-13-28-14-11-24)19-7-8-21-22(15-19)31-17-30-21/h7-8,15,18,20H,5-6,9-14,16-17H2,1-4H3,(H2,25,26,27). The lowest BCUT2D eigenvalue weighted by Gasteiger charge is -2.36. The fourth-order valence-corrected chi connectivity index (χ4v) is 4.25. The van der Waals surface area contributed by atoms with Crippen molar-refractivity contribution in [3.63, 3.8) is 0 Å². The maximum absolute atomic E-state index is 5.87. The van der Waals surface area contributed by atoms with E-state index in [-0.39, 0.29) is 11.5 Å². The van der Waals surface area contributed by atoms with E-state index in [0.717, 1.165) is 69.6 Å². The summed E-state index contributed by atoms with van der Waals surface area (Å²) >= 11 is 0. The maximum Gasteiger partial charge on any atom is 0.231 e. The zero-order chi connectivity index (χ0) is 22.1. The Morgan fingerprint density at radius 2 is 1.90 bits per heavy atom. The summed E-state index contributed by atoms with van der Waals surface area (Å²) in [6.07, 6.45) is 3.10. The number of fused-ring (bicyclic) bond motifs is 1. The van der Waals surface area contributed by atoms with Crippen LogP contribution in [0.1, 0.15) is 52.5 Å². The number of hydrogen-bond acceptors (Lipinski definition) is 5. The largest absolute Gasteiger partial charge is 0.454 e. The van der Waals surface area contributed by atoms with Crippen LogP contribution >= 0.6 is 0 Å². The van der Waals surface area contributed by atoms with Crippen LogP contribution < -0.4 is 20.1 Å². The molecule has 7 heteroatoms. The summed E-state index contributed by atoms with van der Waals surface area (Å²) in [5.41, 5.74) is 1.18. The van der Waals surface area contributed by atoms with E-state index < -0.39 is 0 Å². The van der Waals surface area contributed by atoms with Gasteiger partial charge in [-0.15, -0.1) is 0 Å². The molecule has 1 atom stereocenters. The Balaban J connectivity index is 1.69. The van der Waals surface area contributed by atoms with E-state index in [2.05, 4.69) is 50.5 Å². The minimum absolute atomic E-state index is 0.0621. The van der Waals surface area contributed by atoms with Crippen molar-refractivity contribution in [2.75, 3.05) is 46.2 Å². The van der Waals surface area contributed by atoms with E-state index >= 15 is 0 Å². The SMILES string of the molecule is CCNC(=NCC1(c2ccc3c(c2)OCO3)CCOCC1)NCCC(OCC)C(C)C. The highest BCUT2D eigenvalue weighted by Crippen LogP contribution is 2.41. The van der Waals surface area contributed by atoms with Gasteiger partial charge < -0.3 is 29.6 Å². The highest BCUT2D eigenvalue weighted by molar-refractivity contribution is 5.79. The van der Waals surface area contributed by atoms with Gasteiger partial charge in [0.2, 0.25) is 6.79 Å². The lowest BCUT2D eigenvalue weighted by atomic mass is 9.74. The average molecular weight is 434 g/mol. The summed E-state index contributed by atoms with van der Waals surface area (Å²) in [6.45, 7) is 13.5. The van der Waals surface area contributed by atoms with Gasteiger partial charge in [0.05, 0.1) is 12.6 Å². The maximum atomic E-state index is 5.87. The Morgan fingerprint density at radius 1 is 1.13 bits per heavy atom. The van der Waals surface area contributed by atoms with Crippen molar-refractivity contribution in [1.29, 1.82) is 0 Å². The van der Waals surface area contributed by atoms with Gasteiger partial charge in [-0.1, -0.05) is 19.9 Å². The minimum Gasteiger partial charge on any atom is -0.454 e. The molecule has 2 aliphatic heterocycles. The highest BCUT2D eigenvalue weighted by Gasteiger charge is 2.35. The summed E-state index contributed by atoms with van der Waals surface area (Å²) in [4.78, 5) is 4.99. The Bertz CT molecular complexity index is 717. The van der Waals surface area contributed by atoms with Crippen LogP contribution in [0.25, 0.3) is 0 Å². The molecule has 2 heterocycles. The Morgan fingerprint density at radius 3 is 2.61 bits per heavy atom. The van der Waals surface area contributed by atoms with Crippen LogP contribution in [0, 0.1) is 5.92 Å². The fraction of sp³-hybridized carbons (Fsp3) is 0.708. The molecule has 0 radical (unpaired) electrons. The summed E-state index contributed by atoms with van der Waals surface area (Å²) in [5, 5.41) is 6.89. The number of hydrogen-bond donors (Lipinski definition) is 2. The topological polar surface area (TPSA) is 73.3 Å². The predicted molar refractivity (Wildman–Crippen MR) is 123 cm³/mol. The van der Waals surface area contributed by atoms with Gasteiger partial charge in [-0.2, -0.15) is 0 Å². The highest BCUT2D eigenvalue weighted by atomic mass is 16.7. The van der Waals surface area contributed by atoms with Gasteiger partial charge in [-0.05, 0) is 56.7 Å². The molecule has 3 rings (SSSR count). The van der Waals surface area contributed by atoms with E-state index in [0.29, 0.717) is 19.3 Å². The predicted octanol–water partition coefficient (Wildman–Crippen LogP) is 3.47. The van der Waals surface area contributed by atoms with Crippen molar-refractivity contribution in [3.05, 3.63) is 23.8 Å². The van der Waals surface area contributed by atoms with Crippen LogP contribution in [-0.4, -0.2) is 58.3 Å². The molecule has 174 valence electrons. The van der Waals surface area contributed by atoms with Crippen LogP contribution in [0.2, 0.25) is 0 Å². The molecule has 2 N–H and O–H groups in total. The quantitative estimate of drug-likeness (QED) is 0.435. The van der Waals surface area contributed by atoms with E-state index in [1.807, 2.05) is 6.07 Å². The van der Waals surface area contributed by atoms with Crippen molar-refractivity contribution < 1.29 is 18.9 Å². The van der Waals surface area contributed by atoms with Gasteiger partial charge in [0.25, 0.3) is 0 Å². The zero-order valence-electron chi connectivity index (χ0n) is 19.5. The van der Waals surface area contributed by atoms with Crippen molar-refractivity contribution in [2.24, 2.45) is 10.9 Å². The molecular weight excluding hydrogens is 394 g/mol. The summed E-state index contributed by atoms with van der Waals surface area (Å²) in [5.74, 6) is 3.00. The number of guanidine groups is 1. The fourth-order valence-electron chi connectivity index (χ4n) is 4.25. The van der Waals surface area contributed by atoms with Crippen LogP contribution in [0.3, 0.4) is 0 Å². The lowest BCUT2D eigenvalue weighted by Crippen LogP contribution is -2.42. The Labute approximate surface area is 186 Å². The van der Waals surface area contributed by atoms with Crippen LogP contribution in [0.15, 0.2) is 23.2 Å². The molecule has 7 nitrogen and oxygen atoms in total. The third kappa shape index (κ3) is 6.26. The third-order valence-corrected chi connectivity index (χ3v) is 6.16. The number of aliphatic imine (C=N–C) groups is 1. The third-order valence-electron chi connectivity index (χ3n) is 6.16. The molecule has 2 aliphatic rings. The van der Waals surface area contributed by atoms with Gasteiger partial charge in [-0.25, -0.2) is 0 Å². The van der Waals surface area contributed by atoms with Gasteiger partial charge in [-0.3, -0.25) is 4.99 Å². The van der Waals surface area contributed by atoms with Crippen molar-refractivity contribution in [2.45, 2.75) is 58.5 Å². The molecule has 1 aromatic rings. The molecule has 1 aromatic carbocycles. The van der Waals surface area contributed by atoms with Gasteiger partial charge >= 0.3 is 0 Å². The monoisotopic (exact) mass is 433 g/mol. The number of nitrogens with one attached hydrogen (secondary N) is 2. The van der Waals surface area contributed by atoms with E-state index in [4.69, 9.17) is 23.9 Å². The number of nitrogens with zero attached hydrogens (tertiary/aromatic N) is 1. The van der Waals surface area contributed by atoms with Gasteiger partial charge in [0.15, 0.2) is 17.5 Å². The second kappa shape index (κ2) is 11.6.